The summed E-state index contributed by atoms with van der Waals surface area (Å²) in [6, 6.07) is 18.4. The monoisotopic (exact) mass is 453 g/mol. The fourth-order valence-corrected chi connectivity index (χ4v) is 3.89. The van der Waals surface area contributed by atoms with Crippen LogP contribution in [0.5, 0.6) is 0 Å². The quantitative estimate of drug-likeness (QED) is 0.606. The topological polar surface area (TPSA) is 99.2 Å². The average molecular weight is 454 g/mol. The SMILES string of the molecule is CC(c1ccccc1)N1CCN(C(=O)CC[C@H](NC(=O)OCc2ccccc2)C(=O)O)CC1. The molecular weight excluding hydrogens is 422 g/mol. The highest BCUT2D eigenvalue weighted by molar-refractivity contribution is 5.81. The fraction of sp³-hybridized carbons (Fsp3) is 0.400. The first-order chi connectivity index (χ1) is 15.9. The van der Waals surface area contributed by atoms with Gasteiger partial charge in [0.2, 0.25) is 5.91 Å². The van der Waals surface area contributed by atoms with E-state index in [0.29, 0.717) is 13.1 Å². The van der Waals surface area contributed by atoms with Gasteiger partial charge in [-0.15, -0.1) is 0 Å². The first-order valence-electron chi connectivity index (χ1n) is 11.2. The number of hydrogen-bond acceptors (Lipinski definition) is 5. The minimum absolute atomic E-state index is 0.00916. The molecule has 8 heteroatoms. The smallest absolute Gasteiger partial charge is 0.408 e. The van der Waals surface area contributed by atoms with Gasteiger partial charge in [-0.25, -0.2) is 9.59 Å². The molecule has 2 aromatic carbocycles. The summed E-state index contributed by atoms with van der Waals surface area (Å²) in [5.74, 6) is -1.30. The van der Waals surface area contributed by atoms with Gasteiger partial charge in [0.05, 0.1) is 0 Å². The number of benzene rings is 2. The van der Waals surface area contributed by atoms with Crippen molar-refractivity contribution in [2.24, 2.45) is 0 Å². The van der Waals surface area contributed by atoms with Crippen molar-refractivity contribution in [1.29, 1.82) is 0 Å². The van der Waals surface area contributed by atoms with Crippen LogP contribution in [-0.2, 0) is 20.9 Å². The van der Waals surface area contributed by atoms with Gasteiger partial charge in [-0.2, -0.15) is 0 Å². The number of nitrogens with one attached hydrogen (secondary N) is 1. The molecule has 1 aliphatic rings. The second-order valence-electron chi connectivity index (χ2n) is 8.14. The molecule has 2 aromatic rings. The van der Waals surface area contributed by atoms with E-state index in [9.17, 15) is 19.5 Å². The second kappa shape index (κ2) is 12.0. The maximum atomic E-state index is 12.6. The van der Waals surface area contributed by atoms with Crippen LogP contribution in [0.15, 0.2) is 60.7 Å². The Morgan fingerprint density at radius 2 is 1.58 bits per heavy atom. The number of rotatable bonds is 9. The number of carboxylic acid groups (broad SMARTS) is 1. The van der Waals surface area contributed by atoms with Crippen molar-refractivity contribution in [3.8, 4) is 0 Å². The third kappa shape index (κ3) is 7.32. The van der Waals surface area contributed by atoms with Crippen molar-refractivity contribution >= 4 is 18.0 Å². The zero-order valence-electron chi connectivity index (χ0n) is 18.9. The van der Waals surface area contributed by atoms with Crippen molar-refractivity contribution in [3.05, 3.63) is 71.8 Å². The summed E-state index contributed by atoms with van der Waals surface area (Å²) in [6.07, 6.45) is -0.762. The van der Waals surface area contributed by atoms with E-state index in [1.165, 1.54) is 5.56 Å². The molecule has 0 bridgehead atoms. The Labute approximate surface area is 194 Å². The number of aliphatic carboxylic acids is 1. The van der Waals surface area contributed by atoms with Crippen LogP contribution in [0, 0.1) is 0 Å². The van der Waals surface area contributed by atoms with Gasteiger partial charge >= 0.3 is 12.1 Å². The summed E-state index contributed by atoms with van der Waals surface area (Å²) in [4.78, 5) is 40.3. The van der Waals surface area contributed by atoms with Crippen molar-refractivity contribution in [2.75, 3.05) is 26.2 Å². The number of carbonyl (C=O) groups excluding carboxylic acids is 2. The normalized spacial score (nSPS) is 16.0. The van der Waals surface area contributed by atoms with Crippen LogP contribution in [0.2, 0.25) is 0 Å². The lowest BCUT2D eigenvalue weighted by atomic mass is 10.1. The summed E-state index contributed by atoms with van der Waals surface area (Å²) in [6.45, 7) is 4.92. The molecule has 1 fully saturated rings. The molecule has 2 N–H and O–H groups in total. The zero-order chi connectivity index (χ0) is 23.6. The molecule has 0 spiro atoms. The summed E-state index contributed by atoms with van der Waals surface area (Å²) >= 11 is 0. The van der Waals surface area contributed by atoms with E-state index in [1.807, 2.05) is 36.4 Å². The summed E-state index contributed by atoms with van der Waals surface area (Å²) in [7, 11) is 0. The van der Waals surface area contributed by atoms with E-state index in [1.54, 1.807) is 17.0 Å². The minimum Gasteiger partial charge on any atom is -0.480 e. The summed E-state index contributed by atoms with van der Waals surface area (Å²) in [5, 5.41) is 11.8. The van der Waals surface area contributed by atoms with Crippen LogP contribution in [-0.4, -0.2) is 65.1 Å². The highest BCUT2D eigenvalue weighted by atomic mass is 16.5. The Kier molecular flexibility index (Phi) is 8.83. The van der Waals surface area contributed by atoms with E-state index < -0.39 is 18.1 Å². The Morgan fingerprint density at radius 3 is 2.18 bits per heavy atom. The predicted octanol–water partition coefficient (Wildman–Crippen LogP) is 3.05. The Bertz CT molecular complexity index is 914. The first-order valence-corrected chi connectivity index (χ1v) is 11.2. The number of alkyl carbamates (subject to hydrolysis) is 1. The van der Waals surface area contributed by atoms with Gasteiger partial charge in [0, 0.05) is 38.6 Å². The molecule has 176 valence electrons. The molecule has 0 aliphatic carbocycles. The minimum atomic E-state index is -1.19. The summed E-state index contributed by atoms with van der Waals surface area (Å²) < 4.78 is 5.09. The Hall–Kier alpha value is -3.39. The van der Waals surface area contributed by atoms with Gasteiger partial charge in [-0.05, 0) is 24.5 Å². The molecule has 1 unspecified atom stereocenters. The highest BCUT2D eigenvalue weighted by Crippen LogP contribution is 2.21. The summed E-state index contributed by atoms with van der Waals surface area (Å²) in [5.41, 5.74) is 2.04. The van der Waals surface area contributed by atoms with Crippen LogP contribution in [0.3, 0.4) is 0 Å². The van der Waals surface area contributed by atoms with Gasteiger partial charge in [-0.3, -0.25) is 9.69 Å². The van der Waals surface area contributed by atoms with Gasteiger partial charge < -0.3 is 20.1 Å². The molecule has 3 rings (SSSR count). The number of hydrogen-bond donors (Lipinski definition) is 2. The van der Waals surface area contributed by atoms with Gasteiger partial charge in [0.25, 0.3) is 0 Å². The molecular formula is C25H31N3O5. The largest absolute Gasteiger partial charge is 0.480 e. The van der Waals surface area contributed by atoms with E-state index in [2.05, 4.69) is 29.3 Å². The van der Waals surface area contributed by atoms with Crippen molar-refractivity contribution < 1.29 is 24.2 Å². The Balaban J connectivity index is 1.41. The van der Waals surface area contributed by atoms with Crippen LogP contribution in [0.25, 0.3) is 0 Å². The molecule has 1 heterocycles. The zero-order valence-corrected chi connectivity index (χ0v) is 18.9. The molecule has 1 saturated heterocycles. The van der Waals surface area contributed by atoms with Crippen LogP contribution in [0.1, 0.15) is 36.9 Å². The average Bonchev–Trinajstić information content (AvgIpc) is 2.85. The number of ether oxygens (including phenoxy) is 1. The molecule has 0 radical (unpaired) electrons. The lowest BCUT2D eigenvalue weighted by Crippen LogP contribution is -2.49. The second-order valence-corrected chi connectivity index (χ2v) is 8.14. The Morgan fingerprint density at radius 1 is 0.970 bits per heavy atom. The molecule has 33 heavy (non-hydrogen) atoms. The molecule has 8 nitrogen and oxygen atoms in total. The lowest BCUT2D eigenvalue weighted by Gasteiger charge is -2.38. The number of nitrogens with zero attached hydrogens (tertiary/aromatic N) is 2. The van der Waals surface area contributed by atoms with E-state index >= 15 is 0 Å². The van der Waals surface area contributed by atoms with Crippen LogP contribution < -0.4 is 5.32 Å². The number of carbonyl (C=O) groups is 3. The van der Waals surface area contributed by atoms with Gasteiger partial charge in [0.15, 0.2) is 0 Å². The molecule has 0 saturated carbocycles. The van der Waals surface area contributed by atoms with Gasteiger partial charge in [0.1, 0.15) is 12.6 Å². The van der Waals surface area contributed by atoms with Crippen LogP contribution in [0.4, 0.5) is 4.79 Å². The van der Waals surface area contributed by atoms with Crippen molar-refractivity contribution in [3.63, 3.8) is 0 Å². The number of piperazine rings is 1. The third-order valence-electron chi connectivity index (χ3n) is 5.95. The van der Waals surface area contributed by atoms with E-state index in [4.69, 9.17) is 4.74 Å². The highest BCUT2D eigenvalue weighted by Gasteiger charge is 2.27. The standard InChI is InChI=1S/C25H31N3O5/c1-19(21-10-6-3-7-11-21)27-14-16-28(17-15-27)23(29)13-12-22(24(30)31)26-25(32)33-18-20-8-4-2-5-9-20/h2-11,19,22H,12-18H2,1H3,(H,26,32)(H,30,31)/t19?,22-/m0/s1. The first kappa shape index (κ1) is 24.3. The third-order valence-corrected chi connectivity index (χ3v) is 5.95. The maximum absolute atomic E-state index is 12.6. The number of carboxylic acids is 1. The number of amides is 2. The molecule has 2 atom stereocenters. The lowest BCUT2D eigenvalue weighted by molar-refractivity contribution is -0.140. The van der Waals surface area contributed by atoms with Gasteiger partial charge in [-0.1, -0.05) is 60.7 Å². The van der Waals surface area contributed by atoms with Crippen molar-refractivity contribution in [1.82, 2.24) is 15.1 Å². The molecule has 1 aliphatic heterocycles. The van der Waals surface area contributed by atoms with Crippen molar-refractivity contribution in [2.45, 2.75) is 38.5 Å². The molecule has 0 aromatic heterocycles. The van der Waals surface area contributed by atoms with E-state index in [0.717, 1.165) is 18.7 Å². The predicted molar refractivity (Wildman–Crippen MR) is 123 cm³/mol. The fourth-order valence-electron chi connectivity index (χ4n) is 3.89. The van der Waals surface area contributed by atoms with E-state index in [-0.39, 0.29) is 31.4 Å². The maximum Gasteiger partial charge on any atom is 0.408 e. The molecule has 2 amide bonds. The van der Waals surface area contributed by atoms with Crippen LogP contribution >= 0.6 is 0 Å².